The fourth-order valence-corrected chi connectivity index (χ4v) is 3.12. The van der Waals surface area contributed by atoms with E-state index in [4.69, 9.17) is 0 Å². The largest absolute Gasteiger partial charge is 0.0883 e. The van der Waals surface area contributed by atoms with Crippen LogP contribution >= 0.6 is 0 Å². The summed E-state index contributed by atoms with van der Waals surface area (Å²) in [5.41, 5.74) is 1.42. The standard InChI is InChI=1S/C11H18/c1-3-4-5-11-7-6-10(2,8-11)9-11/h4-5H,3,6-9H2,1-2H3/b5-4-. The summed E-state index contributed by atoms with van der Waals surface area (Å²) >= 11 is 0. The summed E-state index contributed by atoms with van der Waals surface area (Å²) in [5, 5.41) is 0. The van der Waals surface area contributed by atoms with Gasteiger partial charge < -0.3 is 0 Å². The summed E-state index contributed by atoms with van der Waals surface area (Å²) in [7, 11) is 0. The SMILES string of the molecule is CC/C=C\C12CCC(C)(C1)C2. The molecule has 0 atom stereocenters. The van der Waals surface area contributed by atoms with Gasteiger partial charge in [0.05, 0.1) is 0 Å². The highest BCUT2D eigenvalue weighted by atomic mass is 14.6. The molecule has 11 heavy (non-hydrogen) atoms. The van der Waals surface area contributed by atoms with Gasteiger partial charge in [-0.2, -0.15) is 0 Å². The topological polar surface area (TPSA) is 0 Å². The molecule has 0 radical (unpaired) electrons. The summed E-state index contributed by atoms with van der Waals surface area (Å²) in [6.07, 6.45) is 11.9. The molecule has 3 fully saturated rings. The zero-order valence-corrected chi connectivity index (χ0v) is 7.69. The van der Waals surface area contributed by atoms with Crippen molar-refractivity contribution in [3.05, 3.63) is 12.2 Å². The van der Waals surface area contributed by atoms with Crippen molar-refractivity contribution in [1.29, 1.82) is 0 Å². The number of fused-ring (bicyclic) bond motifs is 1. The van der Waals surface area contributed by atoms with Gasteiger partial charge in [0.1, 0.15) is 0 Å². The first kappa shape index (κ1) is 7.39. The maximum Gasteiger partial charge on any atom is -0.0108 e. The van der Waals surface area contributed by atoms with Crippen LogP contribution in [0.4, 0.5) is 0 Å². The zero-order chi connectivity index (χ0) is 7.95. The van der Waals surface area contributed by atoms with E-state index in [1.165, 1.54) is 32.1 Å². The van der Waals surface area contributed by atoms with E-state index in [1.54, 1.807) is 0 Å². The molecule has 0 amide bonds. The molecule has 3 aliphatic rings. The van der Waals surface area contributed by atoms with E-state index in [2.05, 4.69) is 26.0 Å². The van der Waals surface area contributed by atoms with Crippen LogP contribution in [0.5, 0.6) is 0 Å². The van der Waals surface area contributed by atoms with Gasteiger partial charge in [0.25, 0.3) is 0 Å². The smallest absolute Gasteiger partial charge is 0.0108 e. The molecular weight excluding hydrogens is 132 g/mol. The Kier molecular flexibility index (Phi) is 1.42. The summed E-state index contributed by atoms with van der Waals surface area (Å²) in [4.78, 5) is 0. The van der Waals surface area contributed by atoms with Gasteiger partial charge in [-0.15, -0.1) is 0 Å². The van der Waals surface area contributed by atoms with Crippen LogP contribution in [0.2, 0.25) is 0 Å². The lowest BCUT2D eigenvalue weighted by Gasteiger charge is -2.43. The molecule has 0 spiro atoms. The van der Waals surface area contributed by atoms with E-state index in [0.717, 1.165) is 5.41 Å². The average Bonchev–Trinajstić information content (AvgIpc) is 2.38. The molecule has 0 heteroatoms. The summed E-state index contributed by atoms with van der Waals surface area (Å²) < 4.78 is 0. The van der Waals surface area contributed by atoms with Crippen LogP contribution in [-0.2, 0) is 0 Å². The number of rotatable bonds is 2. The van der Waals surface area contributed by atoms with Crippen molar-refractivity contribution in [2.75, 3.05) is 0 Å². The molecule has 62 valence electrons. The van der Waals surface area contributed by atoms with E-state index in [1.807, 2.05) is 0 Å². The Morgan fingerprint density at radius 3 is 2.45 bits per heavy atom. The van der Waals surface area contributed by atoms with E-state index in [-0.39, 0.29) is 0 Å². The molecule has 0 N–H and O–H groups in total. The average molecular weight is 150 g/mol. The van der Waals surface area contributed by atoms with Crippen LogP contribution < -0.4 is 0 Å². The number of hydrogen-bond donors (Lipinski definition) is 0. The van der Waals surface area contributed by atoms with Gasteiger partial charge in [0.15, 0.2) is 0 Å². The van der Waals surface area contributed by atoms with E-state index in [0.29, 0.717) is 5.41 Å². The maximum atomic E-state index is 2.49. The van der Waals surface area contributed by atoms with E-state index < -0.39 is 0 Å². The summed E-state index contributed by atoms with van der Waals surface area (Å²) in [6.45, 7) is 4.66. The highest BCUT2D eigenvalue weighted by Crippen LogP contribution is 2.67. The van der Waals surface area contributed by atoms with Crippen molar-refractivity contribution < 1.29 is 0 Å². The van der Waals surface area contributed by atoms with Crippen molar-refractivity contribution in [3.8, 4) is 0 Å². The van der Waals surface area contributed by atoms with Crippen LogP contribution in [0.3, 0.4) is 0 Å². The predicted molar refractivity (Wildman–Crippen MR) is 48.4 cm³/mol. The predicted octanol–water partition coefficient (Wildman–Crippen LogP) is 3.53. The Hall–Kier alpha value is -0.260. The van der Waals surface area contributed by atoms with Crippen LogP contribution in [-0.4, -0.2) is 0 Å². The van der Waals surface area contributed by atoms with Crippen molar-refractivity contribution in [2.24, 2.45) is 10.8 Å². The van der Waals surface area contributed by atoms with Gasteiger partial charge in [-0.05, 0) is 42.9 Å². The second-order valence-electron chi connectivity index (χ2n) is 4.84. The van der Waals surface area contributed by atoms with E-state index in [9.17, 15) is 0 Å². The highest BCUT2D eigenvalue weighted by molar-refractivity contribution is 5.17. The minimum absolute atomic E-state index is 0.671. The highest BCUT2D eigenvalue weighted by Gasteiger charge is 2.55. The van der Waals surface area contributed by atoms with Crippen LogP contribution in [0.15, 0.2) is 12.2 Å². The summed E-state index contributed by atoms with van der Waals surface area (Å²) in [5.74, 6) is 0. The molecule has 0 aromatic heterocycles. The molecule has 3 rings (SSSR count). The Balaban J connectivity index is 2.02. The molecule has 0 unspecified atom stereocenters. The lowest BCUT2D eigenvalue weighted by Crippen LogP contribution is -2.33. The molecule has 0 aliphatic heterocycles. The molecule has 0 heterocycles. The third-order valence-electron chi connectivity index (χ3n) is 3.49. The van der Waals surface area contributed by atoms with Gasteiger partial charge in [-0.1, -0.05) is 26.0 Å². The monoisotopic (exact) mass is 150 g/mol. The quantitative estimate of drug-likeness (QED) is 0.528. The fourth-order valence-electron chi connectivity index (χ4n) is 3.12. The molecule has 0 aromatic carbocycles. The van der Waals surface area contributed by atoms with Crippen molar-refractivity contribution >= 4 is 0 Å². The molecule has 0 aromatic rings. The number of hydrogen-bond acceptors (Lipinski definition) is 0. The van der Waals surface area contributed by atoms with Crippen molar-refractivity contribution in [2.45, 2.75) is 46.0 Å². The van der Waals surface area contributed by atoms with Crippen molar-refractivity contribution in [1.82, 2.24) is 0 Å². The third-order valence-corrected chi connectivity index (χ3v) is 3.49. The Morgan fingerprint density at radius 2 is 2.00 bits per heavy atom. The van der Waals surface area contributed by atoms with Crippen molar-refractivity contribution in [3.63, 3.8) is 0 Å². The molecule has 3 aliphatic carbocycles. The van der Waals surface area contributed by atoms with Gasteiger partial charge >= 0.3 is 0 Å². The van der Waals surface area contributed by atoms with Crippen LogP contribution in [0.1, 0.15) is 46.0 Å². The van der Waals surface area contributed by atoms with Gasteiger partial charge in [-0.3, -0.25) is 0 Å². The first-order valence-corrected chi connectivity index (χ1v) is 4.86. The zero-order valence-electron chi connectivity index (χ0n) is 7.69. The normalized spacial score (nSPS) is 48.2. The Bertz CT molecular complexity index is 182. The second-order valence-corrected chi connectivity index (χ2v) is 4.84. The fraction of sp³-hybridized carbons (Fsp3) is 0.818. The van der Waals surface area contributed by atoms with Crippen LogP contribution in [0, 0.1) is 10.8 Å². The molecule has 3 saturated carbocycles. The maximum absolute atomic E-state index is 2.49. The van der Waals surface area contributed by atoms with Gasteiger partial charge in [0.2, 0.25) is 0 Å². The second kappa shape index (κ2) is 2.12. The third kappa shape index (κ3) is 1.04. The number of allylic oxidation sites excluding steroid dienone is 2. The minimum atomic E-state index is 0.671. The van der Waals surface area contributed by atoms with E-state index >= 15 is 0 Å². The molecular formula is C11H18. The summed E-state index contributed by atoms with van der Waals surface area (Å²) in [6, 6.07) is 0. The van der Waals surface area contributed by atoms with Gasteiger partial charge in [-0.25, -0.2) is 0 Å². The lowest BCUT2D eigenvalue weighted by atomic mass is 9.61. The Morgan fingerprint density at radius 1 is 1.27 bits per heavy atom. The first-order chi connectivity index (χ1) is 5.18. The lowest BCUT2D eigenvalue weighted by molar-refractivity contribution is 0.107. The first-order valence-electron chi connectivity index (χ1n) is 4.86. The molecule has 0 nitrogen and oxygen atoms in total. The Labute approximate surface area is 69.7 Å². The molecule has 2 bridgehead atoms. The minimum Gasteiger partial charge on any atom is -0.0883 e. The van der Waals surface area contributed by atoms with Gasteiger partial charge in [0, 0.05) is 0 Å². The van der Waals surface area contributed by atoms with Crippen LogP contribution in [0.25, 0.3) is 0 Å². The molecule has 0 saturated heterocycles.